The van der Waals surface area contributed by atoms with E-state index in [1.807, 2.05) is 12.1 Å². The first kappa shape index (κ1) is 14.4. The maximum atomic E-state index is 11.3. The van der Waals surface area contributed by atoms with Gasteiger partial charge in [-0.05, 0) is 43.3 Å². The summed E-state index contributed by atoms with van der Waals surface area (Å²) in [5.74, 6) is 0. The number of sulfone groups is 1. The Labute approximate surface area is 105 Å². The number of hydrogen-bond acceptors (Lipinski definition) is 3. The second-order valence-corrected chi connectivity index (χ2v) is 11.3. The highest BCUT2D eigenvalue weighted by atomic mass is 32.2. The van der Waals surface area contributed by atoms with E-state index in [-0.39, 0.29) is 0 Å². The number of aryl methyl sites for hydroxylation is 1. The highest BCUT2D eigenvalue weighted by molar-refractivity contribution is 7.90. The molecular weight excluding hydrogens is 252 g/mol. The molecule has 17 heavy (non-hydrogen) atoms. The molecule has 5 heteroatoms. The van der Waals surface area contributed by atoms with Crippen molar-refractivity contribution < 1.29 is 12.8 Å². The van der Waals surface area contributed by atoms with E-state index < -0.39 is 18.2 Å². The molecule has 0 aliphatic carbocycles. The summed E-state index contributed by atoms with van der Waals surface area (Å²) < 4.78 is 28.1. The predicted molar refractivity (Wildman–Crippen MR) is 72.6 cm³/mol. The Morgan fingerprint density at radius 2 is 1.71 bits per heavy atom. The molecule has 0 aliphatic heterocycles. The first-order valence-electron chi connectivity index (χ1n) is 5.59. The van der Waals surface area contributed by atoms with Gasteiger partial charge in [0.15, 0.2) is 18.2 Å². The fourth-order valence-electron chi connectivity index (χ4n) is 1.45. The number of hydrogen-bond donors (Lipinski definition) is 0. The first-order valence-corrected chi connectivity index (χ1v) is 10.6. The van der Waals surface area contributed by atoms with Crippen LogP contribution in [0.1, 0.15) is 5.56 Å². The van der Waals surface area contributed by atoms with E-state index in [2.05, 4.69) is 13.1 Å². The molecule has 1 aromatic rings. The fraction of sp³-hybridized carbons (Fsp3) is 0.500. The largest absolute Gasteiger partial charge is 0.420 e. The van der Waals surface area contributed by atoms with Gasteiger partial charge in [-0.25, -0.2) is 8.42 Å². The molecule has 0 bridgehead atoms. The molecule has 0 aromatic heterocycles. The summed E-state index contributed by atoms with van der Waals surface area (Å²) in [5, 5.41) is 0. The van der Waals surface area contributed by atoms with E-state index in [9.17, 15) is 8.42 Å². The third-order valence-electron chi connectivity index (χ3n) is 2.92. The Kier molecular flexibility index (Phi) is 4.52. The van der Waals surface area contributed by atoms with Crippen molar-refractivity contribution >= 4 is 18.2 Å². The van der Waals surface area contributed by atoms with Crippen molar-refractivity contribution in [2.24, 2.45) is 0 Å². The molecule has 1 aromatic carbocycles. The van der Waals surface area contributed by atoms with Crippen molar-refractivity contribution in [2.75, 3.05) is 13.4 Å². The second-order valence-electron chi connectivity index (χ2n) is 4.88. The molecule has 0 fully saturated rings. The standard InChI is InChI=1S/C12H20O3SSi/c1-15-17(3,4)10-9-11-5-7-12(8-6-11)16(2,13)14/h5-8H,9-10H2,1-4H3. The maximum absolute atomic E-state index is 11.3. The van der Waals surface area contributed by atoms with Crippen LogP contribution in [-0.4, -0.2) is 30.1 Å². The van der Waals surface area contributed by atoms with E-state index in [1.54, 1.807) is 19.2 Å². The Bertz CT molecular complexity index is 463. The van der Waals surface area contributed by atoms with E-state index in [0.29, 0.717) is 4.90 Å². The lowest BCUT2D eigenvalue weighted by molar-refractivity contribution is 0.403. The van der Waals surface area contributed by atoms with Crippen LogP contribution in [0.4, 0.5) is 0 Å². The molecule has 3 nitrogen and oxygen atoms in total. The third kappa shape index (κ3) is 4.61. The van der Waals surface area contributed by atoms with Crippen molar-refractivity contribution in [1.29, 1.82) is 0 Å². The fourth-order valence-corrected chi connectivity index (χ4v) is 3.18. The second kappa shape index (κ2) is 5.33. The van der Waals surface area contributed by atoms with Gasteiger partial charge in [0.25, 0.3) is 0 Å². The topological polar surface area (TPSA) is 43.4 Å². The predicted octanol–water partition coefficient (Wildman–Crippen LogP) is 2.48. The van der Waals surface area contributed by atoms with Crippen LogP contribution in [0.5, 0.6) is 0 Å². The lowest BCUT2D eigenvalue weighted by Crippen LogP contribution is -2.28. The Morgan fingerprint density at radius 3 is 2.12 bits per heavy atom. The number of rotatable bonds is 5. The first-order chi connectivity index (χ1) is 7.74. The smallest absolute Gasteiger partial charge is 0.186 e. The van der Waals surface area contributed by atoms with Gasteiger partial charge in [0.05, 0.1) is 4.90 Å². The number of benzene rings is 1. The van der Waals surface area contributed by atoms with Crippen LogP contribution in [-0.2, 0) is 20.7 Å². The minimum atomic E-state index is -3.08. The maximum Gasteiger partial charge on any atom is 0.186 e. The summed E-state index contributed by atoms with van der Waals surface area (Å²) in [6, 6.07) is 8.16. The average Bonchev–Trinajstić information content (AvgIpc) is 2.26. The van der Waals surface area contributed by atoms with E-state index >= 15 is 0 Å². The summed E-state index contributed by atoms with van der Waals surface area (Å²) >= 11 is 0. The summed E-state index contributed by atoms with van der Waals surface area (Å²) in [6.45, 7) is 4.36. The van der Waals surface area contributed by atoms with Gasteiger partial charge in [0.2, 0.25) is 0 Å². The van der Waals surface area contributed by atoms with Crippen molar-refractivity contribution in [1.82, 2.24) is 0 Å². The molecule has 0 spiro atoms. The van der Waals surface area contributed by atoms with Crippen LogP contribution < -0.4 is 0 Å². The SMILES string of the molecule is CO[Si](C)(C)CCc1ccc(S(C)(=O)=O)cc1. The lowest BCUT2D eigenvalue weighted by Gasteiger charge is -2.19. The van der Waals surface area contributed by atoms with Gasteiger partial charge >= 0.3 is 0 Å². The Morgan fingerprint density at radius 1 is 1.18 bits per heavy atom. The van der Waals surface area contributed by atoms with Crippen LogP contribution >= 0.6 is 0 Å². The van der Waals surface area contributed by atoms with Crippen LogP contribution in [0.15, 0.2) is 29.2 Å². The van der Waals surface area contributed by atoms with Gasteiger partial charge in [0, 0.05) is 13.4 Å². The molecule has 0 amide bonds. The summed E-state index contributed by atoms with van der Waals surface area (Å²) in [4.78, 5) is 0.379. The van der Waals surface area contributed by atoms with Gasteiger partial charge in [-0.15, -0.1) is 0 Å². The molecular formula is C12H20O3SSi. The van der Waals surface area contributed by atoms with Crippen molar-refractivity contribution in [3.63, 3.8) is 0 Å². The minimum absolute atomic E-state index is 0.379. The lowest BCUT2D eigenvalue weighted by atomic mass is 10.2. The summed E-state index contributed by atoms with van der Waals surface area (Å²) in [5.41, 5.74) is 1.16. The minimum Gasteiger partial charge on any atom is -0.420 e. The van der Waals surface area contributed by atoms with Gasteiger partial charge in [0.1, 0.15) is 0 Å². The van der Waals surface area contributed by atoms with Crippen LogP contribution in [0.3, 0.4) is 0 Å². The molecule has 0 saturated carbocycles. The van der Waals surface area contributed by atoms with Crippen molar-refractivity contribution in [3.05, 3.63) is 29.8 Å². The zero-order valence-electron chi connectivity index (χ0n) is 10.9. The molecule has 0 radical (unpaired) electrons. The van der Waals surface area contributed by atoms with Crippen molar-refractivity contribution in [3.8, 4) is 0 Å². The zero-order valence-corrected chi connectivity index (χ0v) is 12.7. The molecule has 0 atom stereocenters. The highest BCUT2D eigenvalue weighted by Gasteiger charge is 2.19. The van der Waals surface area contributed by atoms with E-state index in [0.717, 1.165) is 18.0 Å². The molecule has 0 saturated heterocycles. The normalized spacial score (nSPS) is 12.7. The van der Waals surface area contributed by atoms with Gasteiger partial charge < -0.3 is 4.43 Å². The summed E-state index contributed by atoms with van der Waals surface area (Å²) in [7, 11) is -2.85. The molecule has 1 rings (SSSR count). The van der Waals surface area contributed by atoms with E-state index in [1.165, 1.54) is 6.26 Å². The van der Waals surface area contributed by atoms with Crippen LogP contribution in [0.25, 0.3) is 0 Å². The average molecular weight is 272 g/mol. The van der Waals surface area contributed by atoms with Gasteiger partial charge in [-0.2, -0.15) is 0 Å². The molecule has 0 N–H and O–H groups in total. The van der Waals surface area contributed by atoms with Gasteiger partial charge in [-0.3, -0.25) is 0 Å². The van der Waals surface area contributed by atoms with Gasteiger partial charge in [-0.1, -0.05) is 12.1 Å². The van der Waals surface area contributed by atoms with E-state index in [4.69, 9.17) is 4.43 Å². The van der Waals surface area contributed by atoms with Crippen LogP contribution in [0, 0.1) is 0 Å². The summed E-state index contributed by atoms with van der Waals surface area (Å²) in [6.07, 6.45) is 2.17. The molecule has 96 valence electrons. The zero-order chi connectivity index (χ0) is 13.1. The van der Waals surface area contributed by atoms with Crippen molar-refractivity contribution in [2.45, 2.75) is 30.5 Å². The molecule has 0 heterocycles. The van der Waals surface area contributed by atoms with Crippen LogP contribution in [0.2, 0.25) is 19.1 Å². The highest BCUT2D eigenvalue weighted by Crippen LogP contribution is 2.16. The monoisotopic (exact) mass is 272 g/mol. The molecule has 0 aliphatic rings. The Balaban J connectivity index is 2.70. The third-order valence-corrected chi connectivity index (χ3v) is 6.61. The quantitative estimate of drug-likeness (QED) is 0.773. The molecule has 0 unspecified atom stereocenters. The Hall–Kier alpha value is -0.653.